The van der Waals surface area contributed by atoms with Crippen molar-refractivity contribution >= 4 is 23.2 Å². The lowest BCUT2D eigenvalue weighted by Crippen LogP contribution is -2.32. The molecule has 1 saturated heterocycles. The van der Waals surface area contributed by atoms with Crippen LogP contribution < -0.4 is 5.73 Å². The van der Waals surface area contributed by atoms with E-state index in [1.165, 1.54) is 0 Å². The molecule has 1 heterocycles. The zero-order valence-electron chi connectivity index (χ0n) is 11.6. The number of likely N-dealkylation sites (tertiary alicyclic amines) is 1. The maximum absolute atomic E-state index is 12.5. The smallest absolute Gasteiger partial charge is 0.255 e. The molecule has 1 fully saturated rings. The van der Waals surface area contributed by atoms with E-state index in [2.05, 4.69) is 13.8 Å². The van der Waals surface area contributed by atoms with Gasteiger partial charge < -0.3 is 10.6 Å². The predicted molar refractivity (Wildman–Crippen MR) is 79.4 cm³/mol. The number of rotatable bonds is 1. The number of anilines is 1. The van der Waals surface area contributed by atoms with Gasteiger partial charge in [-0.2, -0.15) is 0 Å². The van der Waals surface area contributed by atoms with Gasteiger partial charge in [0.1, 0.15) is 0 Å². The third-order valence-corrected chi connectivity index (χ3v) is 4.31. The maximum atomic E-state index is 12.5. The van der Waals surface area contributed by atoms with Crippen LogP contribution in [0.25, 0.3) is 0 Å². The van der Waals surface area contributed by atoms with Gasteiger partial charge in [0.15, 0.2) is 0 Å². The summed E-state index contributed by atoms with van der Waals surface area (Å²) in [7, 11) is 0. The van der Waals surface area contributed by atoms with Crippen LogP contribution in [0, 0.1) is 5.41 Å². The van der Waals surface area contributed by atoms with E-state index in [9.17, 15) is 4.79 Å². The molecule has 1 aromatic rings. The largest absolute Gasteiger partial charge is 0.398 e. The molecule has 0 atom stereocenters. The minimum Gasteiger partial charge on any atom is -0.398 e. The van der Waals surface area contributed by atoms with Crippen molar-refractivity contribution in [2.75, 3.05) is 18.8 Å². The fourth-order valence-electron chi connectivity index (χ4n) is 2.51. The number of benzene rings is 1. The first kappa shape index (κ1) is 14.2. The summed E-state index contributed by atoms with van der Waals surface area (Å²) in [5, 5.41) is 0.371. The monoisotopic (exact) mass is 280 g/mol. The number of carbonyl (C=O) groups is 1. The Morgan fingerprint density at radius 2 is 2.05 bits per heavy atom. The third-order valence-electron chi connectivity index (χ3n) is 3.89. The number of nitrogens with zero attached hydrogens (tertiary/aromatic N) is 1. The van der Waals surface area contributed by atoms with E-state index in [0.717, 1.165) is 32.4 Å². The highest BCUT2D eigenvalue weighted by molar-refractivity contribution is 6.36. The first-order valence-corrected chi connectivity index (χ1v) is 7.12. The molecule has 0 aromatic heterocycles. The number of halogens is 1. The molecular weight excluding hydrogens is 260 g/mol. The summed E-state index contributed by atoms with van der Waals surface area (Å²) in [6.07, 6.45) is 3.22. The summed E-state index contributed by atoms with van der Waals surface area (Å²) < 4.78 is 0. The lowest BCUT2D eigenvalue weighted by atomic mass is 9.85. The molecule has 2 rings (SSSR count). The average molecular weight is 281 g/mol. The fraction of sp³-hybridized carbons (Fsp3) is 0.533. The third kappa shape index (κ3) is 3.21. The maximum Gasteiger partial charge on any atom is 0.255 e. The molecule has 0 spiro atoms. The van der Waals surface area contributed by atoms with Crippen molar-refractivity contribution < 1.29 is 4.79 Å². The molecule has 104 valence electrons. The van der Waals surface area contributed by atoms with Gasteiger partial charge in [-0.25, -0.2) is 0 Å². The molecule has 0 unspecified atom stereocenters. The Morgan fingerprint density at radius 1 is 1.32 bits per heavy atom. The van der Waals surface area contributed by atoms with E-state index >= 15 is 0 Å². The number of hydrogen-bond donors (Lipinski definition) is 1. The van der Waals surface area contributed by atoms with E-state index < -0.39 is 0 Å². The van der Waals surface area contributed by atoms with Gasteiger partial charge in [-0.15, -0.1) is 0 Å². The van der Waals surface area contributed by atoms with Gasteiger partial charge in [0.2, 0.25) is 0 Å². The SMILES string of the molecule is CC1(C)CCCN(C(=O)c2cccc(N)c2Cl)CC1. The Hall–Kier alpha value is -1.22. The normalized spacial score (nSPS) is 19.0. The molecule has 4 heteroatoms. The van der Waals surface area contributed by atoms with Crippen LogP contribution in [0.1, 0.15) is 43.5 Å². The lowest BCUT2D eigenvalue weighted by Gasteiger charge is -2.23. The second kappa shape index (κ2) is 5.41. The minimum absolute atomic E-state index is 0.00463. The van der Waals surface area contributed by atoms with Gasteiger partial charge >= 0.3 is 0 Å². The Labute approximate surface area is 119 Å². The molecule has 2 N–H and O–H groups in total. The van der Waals surface area contributed by atoms with E-state index in [-0.39, 0.29) is 5.91 Å². The van der Waals surface area contributed by atoms with Crippen molar-refractivity contribution in [1.82, 2.24) is 4.90 Å². The highest BCUT2D eigenvalue weighted by atomic mass is 35.5. The predicted octanol–water partition coefficient (Wildman–Crippen LogP) is 3.57. The van der Waals surface area contributed by atoms with E-state index in [1.54, 1.807) is 18.2 Å². The molecule has 19 heavy (non-hydrogen) atoms. The van der Waals surface area contributed by atoms with E-state index in [1.807, 2.05) is 4.90 Å². The molecule has 0 radical (unpaired) electrons. The summed E-state index contributed by atoms with van der Waals surface area (Å²) in [6.45, 7) is 6.10. The van der Waals surface area contributed by atoms with Gasteiger partial charge in [-0.3, -0.25) is 4.79 Å². The van der Waals surface area contributed by atoms with Gasteiger partial charge in [-0.05, 0) is 36.8 Å². The Bertz CT molecular complexity index is 485. The number of amides is 1. The summed E-state index contributed by atoms with van der Waals surface area (Å²) >= 11 is 6.13. The number of nitrogens with two attached hydrogens (primary N) is 1. The van der Waals surface area contributed by atoms with Crippen molar-refractivity contribution in [3.8, 4) is 0 Å². The van der Waals surface area contributed by atoms with Crippen molar-refractivity contribution in [1.29, 1.82) is 0 Å². The van der Waals surface area contributed by atoms with Crippen LogP contribution in [0.4, 0.5) is 5.69 Å². The standard InChI is InChI=1S/C15H21ClN2O/c1-15(2)7-4-9-18(10-8-15)14(19)11-5-3-6-12(17)13(11)16/h3,5-6H,4,7-10,17H2,1-2H3. The quantitative estimate of drug-likeness (QED) is 0.799. The molecular formula is C15H21ClN2O. The lowest BCUT2D eigenvalue weighted by molar-refractivity contribution is 0.0757. The van der Waals surface area contributed by atoms with Gasteiger partial charge in [0.05, 0.1) is 16.3 Å². The molecule has 0 saturated carbocycles. The Morgan fingerprint density at radius 3 is 2.79 bits per heavy atom. The summed E-state index contributed by atoms with van der Waals surface area (Å²) in [5.74, 6) is -0.00463. The van der Waals surface area contributed by atoms with Crippen molar-refractivity contribution in [3.05, 3.63) is 28.8 Å². The first-order chi connectivity index (χ1) is 8.91. The second-order valence-corrected chi connectivity index (χ2v) is 6.40. The fourth-order valence-corrected chi connectivity index (χ4v) is 2.72. The minimum atomic E-state index is -0.00463. The number of hydrogen-bond acceptors (Lipinski definition) is 2. The zero-order chi connectivity index (χ0) is 14.0. The van der Waals surface area contributed by atoms with E-state index in [4.69, 9.17) is 17.3 Å². The molecule has 0 bridgehead atoms. The van der Waals surface area contributed by atoms with Crippen molar-refractivity contribution in [2.24, 2.45) is 5.41 Å². The molecule has 1 amide bonds. The molecule has 1 aromatic carbocycles. The Kier molecular flexibility index (Phi) is 4.04. The molecule has 3 nitrogen and oxygen atoms in total. The van der Waals surface area contributed by atoms with E-state index in [0.29, 0.717) is 21.7 Å². The second-order valence-electron chi connectivity index (χ2n) is 6.02. The average Bonchev–Trinajstić information content (AvgIpc) is 2.53. The number of nitrogen functional groups attached to an aromatic ring is 1. The highest BCUT2D eigenvalue weighted by Crippen LogP contribution is 2.31. The highest BCUT2D eigenvalue weighted by Gasteiger charge is 2.26. The summed E-state index contributed by atoms with van der Waals surface area (Å²) in [4.78, 5) is 14.4. The van der Waals surface area contributed by atoms with Gasteiger partial charge in [0, 0.05) is 13.1 Å². The van der Waals surface area contributed by atoms with Crippen LogP contribution in [-0.2, 0) is 0 Å². The number of carbonyl (C=O) groups excluding carboxylic acids is 1. The molecule has 1 aliphatic rings. The van der Waals surface area contributed by atoms with Crippen LogP contribution in [0.15, 0.2) is 18.2 Å². The van der Waals surface area contributed by atoms with Crippen LogP contribution in [0.5, 0.6) is 0 Å². The first-order valence-electron chi connectivity index (χ1n) is 6.74. The van der Waals surface area contributed by atoms with Gasteiger partial charge in [-0.1, -0.05) is 31.5 Å². The van der Waals surface area contributed by atoms with Gasteiger partial charge in [0.25, 0.3) is 5.91 Å². The molecule has 0 aliphatic carbocycles. The van der Waals surface area contributed by atoms with Crippen molar-refractivity contribution in [3.63, 3.8) is 0 Å². The topological polar surface area (TPSA) is 46.3 Å². The molecule has 1 aliphatic heterocycles. The van der Waals surface area contributed by atoms with Crippen LogP contribution >= 0.6 is 11.6 Å². The van der Waals surface area contributed by atoms with Crippen molar-refractivity contribution in [2.45, 2.75) is 33.1 Å². The van der Waals surface area contributed by atoms with Crippen LogP contribution in [0.3, 0.4) is 0 Å². The van der Waals surface area contributed by atoms with Crippen LogP contribution in [0.2, 0.25) is 5.02 Å². The summed E-state index contributed by atoms with van der Waals surface area (Å²) in [5.41, 5.74) is 7.05. The van der Waals surface area contributed by atoms with Crippen LogP contribution in [-0.4, -0.2) is 23.9 Å². The Balaban J connectivity index is 2.18. The summed E-state index contributed by atoms with van der Waals surface area (Å²) in [6, 6.07) is 5.23. The zero-order valence-corrected chi connectivity index (χ0v) is 12.3.